The van der Waals surface area contributed by atoms with E-state index in [4.69, 9.17) is 11.6 Å². The van der Waals surface area contributed by atoms with Crippen LogP contribution < -0.4 is 5.32 Å². The first-order chi connectivity index (χ1) is 10.1. The molecule has 2 aromatic heterocycles. The van der Waals surface area contributed by atoms with Crippen LogP contribution in [-0.4, -0.2) is 52.6 Å². The minimum atomic E-state index is -0.0898. The quantitative estimate of drug-likeness (QED) is 0.814. The molecule has 0 spiro atoms. The first-order valence-electron chi connectivity index (χ1n) is 6.63. The topological polar surface area (TPSA) is 62.5 Å². The molecule has 1 N–H and O–H groups in total. The highest BCUT2D eigenvalue weighted by atomic mass is 35.5. The lowest BCUT2D eigenvalue weighted by Crippen LogP contribution is -2.24. The van der Waals surface area contributed by atoms with Gasteiger partial charge in [-0.25, -0.2) is 9.50 Å². The van der Waals surface area contributed by atoms with Gasteiger partial charge in [0.2, 0.25) is 5.91 Å². The third-order valence-corrected chi connectivity index (χ3v) is 3.09. The largest absolute Gasteiger partial charge is 0.352 e. The fourth-order valence-electron chi connectivity index (χ4n) is 1.77. The van der Waals surface area contributed by atoms with Crippen LogP contribution in [0.3, 0.4) is 0 Å². The van der Waals surface area contributed by atoms with Gasteiger partial charge in [0.1, 0.15) is 5.02 Å². The van der Waals surface area contributed by atoms with E-state index in [-0.39, 0.29) is 5.91 Å². The van der Waals surface area contributed by atoms with Gasteiger partial charge in [0.15, 0.2) is 5.65 Å². The van der Waals surface area contributed by atoms with E-state index in [1.54, 1.807) is 23.0 Å². The second-order valence-corrected chi connectivity index (χ2v) is 5.34. The molecular formula is C14H18ClN5O. The molecule has 0 saturated heterocycles. The van der Waals surface area contributed by atoms with Crippen LogP contribution >= 0.6 is 11.6 Å². The Morgan fingerprint density at radius 3 is 3.05 bits per heavy atom. The summed E-state index contributed by atoms with van der Waals surface area (Å²) < 4.78 is 1.64. The summed E-state index contributed by atoms with van der Waals surface area (Å²) in [6.45, 7) is 1.29. The number of nitrogens with one attached hydrogen (secondary N) is 1. The molecule has 0 aromatic carbocycles. The number of rotatable bonds is 6. The summed E-state index contributed by atoms with van der Waals surface area (Å²) in [6, 6.07) is 0. The number of carbonyl (C=O) groups excluding carboxylic acids is 1. The maximum absolute atomic E-state index is 11.6. The van der Waals surface area contributed by atoms with Crippen LogP contribution in [0.1, 0.15) is 5.56 Å². The third kappa shape index (κ3) is 4.54. The van der Waals surface area contributed by atoms with Crippen LogP contribution in [0.25, 0.3) is 5.65 Å². The van der Waals surface area contributed by atoms with Crippen LogP contribution in [0.15, 0.2) is 30.7 Å². The van der Waals surface area contributed by atoms with Gasteiger partial charge in [-0.05, 0) is 26.1 Å². The van der Waals surface area contributed by atoms with Crippen molar-refractivity contribution < 1.29 is 4.79 Å². The summed E-state index contributed by atoms with van der Waals surface area (Å²) in [6.07, 6.45) is 9.24. The molecule has 2 heterocycles. The van der Waals surface area contributed by atoms with Crippen molar-refractivity contribution >= 4 is 23.2 Å². The average Bonchev–Trinajstić information content (AvgIpc) is 2.80. The first kappa shape index (κ1) is 15.5. The van der Waals surface area contributed by atoms with Crippen molar-refractivity contribution in [3.63, 3.8) is 0 Å². The lowest BCUT2D eigenvalue weighted by molar-refractivity contribution is -0.116. The number of amides is 1. The number of carbonyl (C=O) groups is 1. The second kappa shape index (κ2) is 7.19. The Kier molecular flexibility index (Phi) is 5.30. The van der Waals surface area contributed by atoms with Gasteiger partial charge in [-0.2, -0.15) is 5.10 Å². The number of hydrogen-bond donors (Lipinski definition) is 1. The lowest BCUT2D eigenvalue weighted by atomic mass is 10.2. The van der Waals surface area contributed by atoms with Gasteiger partial charge in [-0.15, -0.1) is 0 Å². The summed E-state index contributed by atoms with van der Waals surface area (Å²) in [5, 5.41) is 7.46. The zero-order valence-electron chi connectivity index (χ0n) is 12.1. The van der Waals surface area contributed by atoms with Crippen molar-refractivity contribution in [3.8, 4) is 0 Å². The minimum Gasteiger partial charge on any atom is -0.352 e. The predicted octanol–water partition coefficient (Wildman–Crippen LogP) is 1.16. The molecule has 2 aromatic rings. The normalized spacial score (nSPS) is 11.6. The molecule has 1 amide bonds. The number of hydrogen-bond acceptors (Lipinski definition) is 4. The summed E-state index contributed by atoms with van der Waals surface area (Å²) in [4.78, 5) is 17.8. The Balaban J connectivity index is 1.82. The molecular weight excluding hydrogens is 290 g/mol. The summed E-state index contributed by atoms with van der Waals surface area (Å²) in [5.41, 5.74) is 1.62. The summed E-state index contributed by atoms with van der Waals surface area (Å²) >= 11 is 5.93. The molecule has 0 radical (unpaired) electrons. The first-order valence-corrected chi connectivity index (χ1v) is 7.01. The summed E-state index contributed by atoms with van der Waals surface area (Å²) in [5.74, 6) is -0.0898. The molecule has 6 nitrogen and oxygen atoms in total. The van der Waals surface area contributed by atoms with Crippen LogP contribution in [0, 0.1) is 0 Å². The molecule has 0 aliphatic carbocycles. The van der Waals surface area contributed by atoms with Gasteiger partial charge in [0.05, 0.1) is 6.20 Å². The maximum atomic E-state index is 11.6. The van der Waals surface area contributed by atoms with Gasteiger partial charge in [-0.1, -0.05) is 17.7 Å². The highest BCUT2D eigenvalue weighted by Gasteiger charge is 2.04. The van der Waals surface area contributed by atoms with E-state index in [1.807, 2.05) is 31.3 Å². The molecule has 0 aliphatic rings. The van der Waals surface area contributed by atoms with Crippen molar-refractivity contribution in [1.29, 1.82) is 0 Å². The van der Waals surface area contributed by atoms with E-state index in [9.17, 15) is 4.79 Å². The van der Waals surface area contributed by atoms with Crippen LogP contribution in [-0.2, 0) is 11.2 Å². The second-order valence-electron chi connectivity index (χ2n) is 4.93. The van der Waals surface area contributed by atoms with Crippen LogP contribution in [0.5, 0.6) is 0 Å². The highest BCUT2D eigenvalue weighted by Crippen LogP contribution is 2.13. The number of likely N-dealkylation sites (N-methyl/N-ethyl adjacent to an activating group) is 1. The summed E-state index contributed by atoms with van der Waals surface area (Å²) in [7, 11) is 3.90. The smallest absolute Gasteiger partial charge is 0.243 e. The van der Waals surface area contributed by atoms with Crippen molar-refractivity contribution in [2.75, 3.05) is 27.2 Å². The fraction of sp³-hybridized carbons (Fsp3) is 0.357. The Labute approximate surface area is 128 Å². The van der Waals surface area contributed by atoms with Gasteiger partial charge in [-0.3, -0.25) is 4.79 Å². The number of aromatic nitrogens is 3. The molecule has 0 atom stereocenters. The predicted molar refractivity (Wildman–Crippen MR) is 82.4 cm³/mol. The number of halogens is 1. The molecule has 112 valence electrons. The molecule has 21 heavy (non-hydrogen) atoms. The van der Waals surface area contributed by atoms with Gasteiger partial charge < -0.3 is 10.2 Å². The van der Waals surface area contributed by atoms with Crippen LogP contribution in [0.4, 0.5) is 0 Å². The van der Waals surface area contributed by atoms with E-state index in [2.05, 4.69) is 15.4 Å². The number of fused-ring (bicyclic) bond motifs is 1. The van der Waals surface area contributed by atoms with Gasteiger partial charge >= 0.3 is 0 Å². The van der Waals surface area contributed by atoms with Gasteiger partial charge in [0, 0.05) is 31.6 Å². The van der Waals surface area contributed by atoms with E-state index in [1.165, 1.54) is 0 Å². The maximum Gasteiger partial charge on any atom is 0.243 e. The number of nitrogens with zero attached hydrogens (tertiary/aromatic N) is 4. The Morgan fingerprint density at radius 1 is 1.48 bits per heavy atom. The van der Waals surface area contributed by atoms with E-state index >= 15 is 0 Å². The monoisotopic (exact) mass is 307 g/mol. The van der Waals surface area contributed by atoms with E-state index in [0.29, 0.717) is 23.6 Å². The van der Waals surface area contributed by atoms with Crippen molar-refractivity contribution in [1.82, 2.24) is 24.8 Å². The van der Waals surface area contributed by atoms with E-state index < -0.39 is 0 Å². The molecule has 2 rings (SSSR count). The molecule has 0 saturated carbocycles. The Morgan fingerprint density at radius 2 is 2.29 bits per heavy atom. The average molecular weight is 308 g/mol. The van der Waals surface area contributed by atoms with Crippen molar-refractivity contribution in [2.45, 2.75) is 6.42 Å². The molecule has 0 bridgehead atoms. The molecule has 7 heteroatoms. The zero-order valence-corrected chi connectivity index (χ0v) is 12.8. The Hall–Kier alpha value is -1.92. The molecule has 0 unspecified atom stereocenters. The lowest BCUT2D eigenvalue weighted by Gasteiger charge is -2.05. The van der Waals surface area contributed by atoms with Crippen LogP contribution in [0.2, 0.25) is 5.02 Å². The van der Waals surface area contributed by atoms with E-state index in [0.717, 1.165) is 12.1 Å². The third-order valence-electron chi connectivity index (χ3n) is 2.82. The highest BCUT2D eigenvalue weighted by molar-refractivity contribution is 6.33. The molecule has 0 fully saturated rings. The Bertz CT molecular complexity index is 650. The standard InChI is InChI=1S/C14H18ClN5O/c1-19(2)7-3-4-13(21)16-6-5-11-8-17-14-12(15)9-18-20(14)10-11/h3-4,8-10H,5-7H2,1-2H3,(H,16,21)/b4-3+. The van der Waals surface area contributed by atoms with Crippen molar-refractivity contribution in [2.24, 2.45) is 0 Å². The minimum absolute atomic E-state index is 0.0898. The zero-order chi connectivity index (χ0) is 15.2. The van der Waals surface area contributed by atoms with Gasteiger partial charge in [0.25, 0.3) is 0 Å². The fourth-order valence-corrected chi connectivity index (χ4v) is 1.95. The molecule has 0 aliphatic heterocycles. The SMILES string of the molecule is CN(C)C/C=C/C(=O)NCCc1cnc2c(Cl)cnn2c1. The van der Waals surface area contributed by atoms with Crippen molar-refractivity contribution in [3.05, 3.63) is 41.3 Å².